The van der Waals surface area contributed by atoms with E-state index in [1.807, 2.05) is 30.7 Å². The van der Waals surface area contributed by atoms with Crippen molar-refractivity contribution in [3.8, 4) is 11.6 Å². The third-order valence-corrected chi connectivity index (χ3v) is 5.33. The summed E-state index contributed by atoms with van der Waals surface area (Å²) in [4.78, 5) is 14.3. The van der Waals surface area contributed by atoms with E-state index in [1.165, 1.54) is 17.3 Å². The summed E-state index contributed by atoms with van der Waals surface area (Å²) in [6.07, 6.45) is 2.63. The molecule has 0 spiro atoms. The van der Waals surface area contributed by atoms with Crippen LogP contribution in [0.25, 0.3) is 11.6 Å². The number of aryl methyl sites for hydroxylation is 1. The van der Waals surface area contributed by atoms with Crippen molar-refractivity contribution in [3.05, 3.63) is 53.8 Å². The van der Waals surface area contributed by atoms with Crippen LogP contribution in [0.1, 0.15) is 25.0 Å². The standard InChI is InChI=1S/C20H24N4O2S/c1-4-15-8-10-16(11-9-15)13-23(3)18(25)14-27-20-22-21-19(24(20)5-2)17-7-6-12-26-17/h6-12H,4-5,13-14H2,1-3H3. The molecular formula is C20H24N4O2S. The van der Waals surface area contributed by atoms with Crippen LogP contribution in [0, 0.1) is 0 Å². The molecule has 7 heteroatoms. The molecule has 142 valence electrons. The summed E-state index contributed by atoms with van der Waals surface area (Å²) in [6, 6.07) is 12.1. The van der Waals surface area contributed by atoms with Crippen molar-refractivity contribution >= 4 is 17.7 Å². The predicted octanol–water partition coefficient (Wildman–Crippen LogP) is 3.87. The van der Waals surface area contributed by atoms with E-state index in [0.29, 0.717) is 30.4 Å². The third-order valence-electron chi connectivity index (χ3n) is 4.38. The maximum absolute atomic E-state index is 12.5. The van der Waals surface area contributed by atoms with Crippen LogP contribution < -0.4 is 0 Å². The SMILES string of the molecule is CCc1ccc(CN(C)C(=O)CSc2nnc(-c3ccco3)n2CC)cc1. The molecule has 3 rings (SSSR count). The van der Waals surface area contributed by atoms with E-state index >= 15 is 0 Å². The maximum atomic E-state index is 12.5. The van der Waals surface area contributed by atoms with E-state index in [2.05, 4.69) is 41.4 Å². The second-order valence-corrected chi connectivity index (χ2v) is 7.18. The summed E-state index contributed by atoms with van der Waals surface area (Å²) in [6.45, 7) is 5.46. The lowest BCUT2D eigenvalue weighted by molar-refractivity contribution is -0.127. The van der Waals surface area contributed by atoms with Crippen molar-refractivity contribution in [2.45, 2.75) is 38.5 Å². The molecule has 0 fully saturated rings. The minimum Gasteiger partial charge on any atom is -0.461 e. The zero-order chi connectivity index (χ0) is 19.2. The molecule has 0 aliphatic heterocycles. The van der Waals surface area contributed by atoms with Crippen molar-refractivity contribution < 1.29 is 9.21 Å². The van der Waals surface area contributed by atoms with Gasteiger partial charge in [0.2, 0.25) is 5.91 Å². The molecule has 0 N–H and O–H groups in total. The molecule has 0 radical (unpaired) electrons. The highest BCUT2D eigenvalue weighted by molar-refractivity contribution is 7.99. The number of aromatic nitrogens is 3. The van der Waals surface area contributed by atoms with E-state index in [1.54, 1.807) is 11.2 Å². The van der Waals surface area contributed by atoms with Crippen LogP contribution in [-0.2, 0) is 24.3 Å². The van der Waals surface area contributed by atoms with Gasteiger partial charge in [0.25, 0.3) is 0 Å². The average Bonchev–Trinajstić information content (AvgIpc) is 3.35. The summed E-state index contributed by atoms with van der Waals surface area (Å²) in [7, 11) is 1.83. The molecule has 0 unspecified atom stereocenters. The fraction of sp³-hybridized carbons (Fsp3) is 0.350. The fourth-order valence-electron chi connectivity index (χ4n) is 2.75. The smallest absolute Gasteiger partial charge is 0.233 e. The van der Waals surface area contributed by atoms with Crippen molar-refractivity contribution in [2.24, 2.45) is 0 Å². The summed E-state index contributed by atoms with van der Waals surface area (Å²) in [5, 5.41) is 9.15. The average molecular weight is 385 g/mol. The largest absolute Gasteiger partial charge is 0.461 e. The molecule has 2 heterocycles. The molecular weight excluding hydrogens is 360 g/mol. The Bertz CT molecular complexity index is 872. The topological polar surface area (TPSA) is 64.2 Å². The first-order chi connectivity index (χ1) is 13.1. The van der Waals surface area contributed by atoms with Gasteiger partial charge in [0, 0.05) is 20.1 Å². The third kappa shape index (κ3) is 4.60. The number of hydrogen-bond acceptors (Lipinski definition) is 5. The number of amides is 1. The Labute approximate surface area is 163 Å². The number of benzene rings is 1. The lowest BCUT2D eigenvalue weighted by Gasteiger charge is -2.17. The summed E-state index contributed by atoms with van der Waals surface area (Å²) >= 11 is 1.40. The molecule has 6 nitrogen and oxygen atoms in total. The van der Waals surface area contributed by atoms with Gasteiger partial charge in [-0.15, -0.1) is 10.2 Å². The van der Waals surface area contributed by atoms with E-state index < -0.39 is 0 Å². The van der Waals surface area contributed by atoms with Crippen LogP contribution in [0.4, 0.5) is 0 Å². The van der Waals surface area contributed by atoms with E-state index in [4.69, 9.17) is 4.42 Å². The van der Waals surface area contributed by atoms with Gasteiger partial charge < -0.3 is 9.32 Å². The van der Waals surface area contributed by atoms with Crippen LogP contribution in [0.3, 0.4) is 0 Å². The predicted molar refractivity (Wildman–Crippen MR) is 106 cm³/mol. The van der Waals surface area contributed by atoms with Crippen LogP contribution >= 0.6 is 11.8 Å². The molecule has 3 aromatic rings. The molecule has 0 bridgehead atoms. The highest BCUT2D eigenvalue weighted by Crippen LogP contribution is 2.24. The van der Waals surface area contributed by atoms with Crippen LogP contribution in [0.15, 0.2) is 52.2 Å². The normalized spacial score (nSPS) is 10.9. The van der Waals surface area contributed by atoms with Gasteiger partial charge in [-0.05, 0) is 36.6 Å². The Hall–Kier alpha value is -2.54. The van der Waals surface area contributed by atoms with Crippen LogP contribution in [-0.4, -0.2) is 38.4 Å². The van der Waals surface area contributed by atoms with Gasteiger partial charge in [-0.3, -0.25) is 9.36 Å². The molecule has 27 heavy (non-hydrogen) atoms. The van der Waals surface area contributed by atoms with Crippen molar-refractivity contribution in [1.29, 1.82) is 0 Å². The molecule has 0 aliphatic carbocycles. The van der Waals surface area contributed by atoms with E-state index in [9.17, 15) is 4.79 Å². The Morgan fingerprint density at radius 3 is 2.52 bits per heavy atom. The van der Waals surface area contributed by atoms with E-state index in [0.717, 1.165) is 17.1 Å². The van der Waals surface area contributed by atoms with Gasteiger partial charge in [0.1, 0.15) is 0 Å². The van der Waals surface area contributed by atoms with Crippen LogP contribution in [0.2, 0.25) is 0 Å². The minimum atomic E-state index is 0.0600. The number of nitrogens with zero attached hydrogens (tertiary/aromatic N) is 4. The minimum absolute atomic E-state index is 0.0600. The molecule has 1 aromatic carbocycles. The number of carbonyl (C=O) groups is 1. The van der Waals surface area contributed by atoms with Gasteiger partial charge in [-0.2, -0.15) is 0 Å². The first kappa shape index (κ1) is 19.2. The Kier molecular flexibility index (Phi) is 6.34. The Balaban J connectivity index is 1.60. The number of carbonyl (C=O) groups excluding carboxylic acids is 1. The maximum Gasteiger partial charge on any atom is 0.233 e. The highest BCUT2D eigenvalue weighted by atomic mass is 32.2. The molecule has 1 amide bonds. The van der Waals surface area contributed by atoms with Crippen molar-refractivity contribution in [2.75, 3.05) is 12.8 Å². The summed E-state index contributed by atoms with van der Waals surface area (Å²) in [5.41, 5.74) is 2.43. The first-order valence-electron chi connectivity index (χ1n) is 9.04. The lowest BCUT2D eigenvalue weighted by atomic mass is 10.1. The quantitative estimate of drug-likeness (QED) is 0.552. The monoisotopic (exact) mass is 384 g/mol. The molecule has 0 saturated carbocycles. The van der Waals surface area contributed by atoms with Gasteiger partial charge in [-0.25, -0.2) is 0 Å². The number of furan rings is 1. The second-order valence-electron chi connectivity index (χ2n) is 6.24. The molecule has 0 aliphatic rings. The fourth-order valence-corrected chi connectivity index (χ4v) is 3.69. The molecule has 0 atom stereocenters. The lowest BCUT2D eigenvalue weighted by Crippen LogP contribution is -2.27. The number of thioether (sulfide) groups is 1. The Morgan fingerprint density at radius 2 is 1.89 bits per heavy atom. The van der Waals surface area contributed by atoms with Crippen molar-refractivity contribution in [1.82, 2.24) is 19.7 Å². The van der Waals surface area contributed by atoms with Gasteiger partial charge >= 0.3 is 0 Å². The zero-order valence-electron chi connectivity index (χ0n) is 15.9. The van der Waals surface area contributed by atoms with Crippen molar-refractivity contribution in [3.63, 3.8) is 0 Å². The first-order valence-corrected chi connectivity index (χ1v) is 10.0. The van der Waals surface area contributed by atoms with Gasteiger partial charge in [-0.1, -0.05) is 43.0 Å². The number of rotatable bonds is 8. The zero-order valence-corrected chi connectivity index (χ0v) is 16.7. The second kappa shape index (κ2) is 8.90. The molecule has 2 aromatic heterocycles. The van der Waals surface area contributed by atoms with Crippen LogP contribution in [0.5, 0.6) is 0 Å². The summed E-state index contributed by atoms with van der Waals surface area (Å²) in [5.74, 6) is 1.74. The molecule has 0 saturated heterocycles. The van der Waals surface area contributed by atoms with Gasteiger partial charge in [0.15, 0.2) is 16.7 Å². The summed E-state index contributed by atoms with van der Waals surface area (Å²) < 4.78 is 7.37. The number of hydrogen-bond donors (Lipinski definition) is 0. The highest BCUT2D eigenvalue weighted by Gasteiger charge is 2.17. The Morgan fingerprint density at radius 1 is 1.15 bits per heavy atom. The van der Waals surface area contributed by atoms with E-state index in [-0.39, 0.29) is 5.91 Å². The van der Waals surface area contributed by atoms with Gasteiger partial charge in [0.05, 0.1) is 12.0 Å².